The van der Waals surface area contributed by atoms with Gasteiger partial charge in [-0.1, -0.05) is 24.3 Å². The minimum absolute atomic E-state index is 0.0244. The van der Waals surface area contributed by atoms with Crippen molar-refractivity contribution in [3.05, 3.63) is 78.5 Å². The SMILES string of the molecule is C=CC(=O)N1CCC[C@@H](n2cc(C(N)=O)c(-c3ccc(Oc4ccc(C)cc4)cc3)n2)C1. The fourth-order valence-corrected chi connectivity index (χ4v) is 3.90. The van der Waals surface area contributed by atoms with Gasteiger partial charge < -0.3 is 15.4 Å². The molecule has 7 heteroatoms. The zero-order chi connectivity index (χ0) is 22.7. The van der Waals surface area contributed by atoms with Gasteiger partial charge in [-0.05, 0) is 62.2 Å². The number of rotatable bonds is 6. The van der Waals surface area contributed by atoms with Gasteiger partial charge in [-0.25, -0.2) is 0 Å². The van der Waals surface area contributed by atoms with Crippen molar-refractivity contribution in [2.45, 2.75) is 25.8 Å². The zero-order valence-electron chi connectivity index (χ0n) is 18.0. The smallest absolute Gasteiger partial charge is 0.252 e. The molecular weight excluding hydrogens is 404 g/mol. The summed E-state index contributed by atoms with van der Waals surface area (Å²) in [7, 11) is 0. The maximum Gasteiger partial charge on any atom is 0.252 e. The van der Waals surface area contributed by atoms with Crippen molar-refractivity contribution in [2.75, 3.05) is 13.1 Å². The molecule has 3 aromatic rings. The van der Waals surface area contributed by atoms with Gasteiger partial charge in [0.05, 0.1) is 11.6 Å². The molecule has 1 atom stereocenters. The number of nitrogens with two attached hydrogens (primary N) is 1. The molecule has 1 aliphatic rings. The van der Waals surface area contributed by atoms with Gasteiger partial charge in [0.25, 0.3) is 5.91 Å². The van der Waals surface area contributed by atoms with Crippen LogP contribution in [0.25, 0.3) is 11.3 Å². The first-order chi connectivity index (χ1) is 15.4. The summed E-state index contributed by atoms with van der Waals surface area (Å²) >= 11 is 0. The number of hydrogen-bond acceptors (Lipinski definition) is 4. The molecule has 1 aliphatic heterocycles. The average molecular weight is 431 g/mol. The first kappa shape index (κ1) is 21.4. The Balaban J connectivity index is 1.57. The summed E-state index contributed by atoms with van der Waals surface area (Å²) in [6.07, 6.45) is 4.73. The molecule has 0 unspecified atom stereocenters. The van der Waals surface area contributed by atoms with Crippen LogP contribution in [0.15, 0.2) is 67.4 Å². The van der Waals surface area contributed by atoms with E-state index >= 15 is 0 Å². The Morgan fingerprint density at radius 2 is 1.78 bits per heavy atom. The fraction of sp³-hybridized carbons (Fsp3) is 0.240. The molecule has 1 fully saturated rings. The quantitative estimate of drug-likeness (QED) is 0.596. The molecule has 0 spiro atoms. The number of carbonyl (C=O) groups excluding carboxylic acids is 2. The molecule has 2 N–H and O–H groups in total. The minimum atomic E-state index is -0.541. The third kappa shape index (κ3) is 4.56. The van der Waals surface area contributed by atoms with Gasteiger partial charge >= 0.3 is 0 Å². The van der Waals surface area contributed by atoms with E-state index in [4.69, 9.17) is 10.5 Å². The fourth-order valence-electron chi connectivity index (χ4n) is 3.90. The topological polar surface area (TPSA) is 90.5 Å². The summed E-state index contributed by atoms with van der Waals surface area (Å²) in [4.78, 5) is 25.9. The lowest BCUT2D eigenvalue weighted by Gasteiger charge is -2.32. The number of benzene rings is 2. The van der Waals surface area contributed by atoms with E-state index in [1.807, 2.05) is 55.5 Å². The molecule has 0 aliphatic carbocycles. The third-order valence-electron chi connectivity index (χ3n) is 5.64. The van der Waals surface area contributed by atoms with Gasteiger partial charge in [-0.15, -0.1) is 0 Å². The highest BCUT2D eigenvalue weighted by atomic mass is 16.5. The van der Waals surface area contributed by atoms with Crippen LogP contribution in [0.5, 0.6) is 11.5 Å². The van der Waals surface area contributed by atoms with Crippen molar-refractivity contribution < 1.29 is 14.3 Å². The Hall–Kier alpha value is -3.87. The Kier molecular flexibility index (Phi) is 6.07. The first-order valence-electron chi connectivity index (χ1n) is 10.6. The molecule has 2 heterocycles. The lowest BCUT2D eigenvalue weighted by atomic mass is 10.1. The zero-order valence-corrected chi connectivity index (χ0v) is 18.0. The van der Waals surface area contributed by atoms with Crippen molar-refractivity contribution in [3.63, 3.8) is 0 Å². The number of nitrogens with zero attached hydrogens (tertiary/aromatic N) is 3. The van der Waals surface area contributed by atoms with Crippen LogP contribution in [0.4, 0.5) is 0 Å². The molecule has 0 radical (unpaired) electrons. The molecular formula is C25H26N4O3. The molecule has 0 saturated carbocycles. The highest BCUT2D eigenvalue weighted by Gasteiger charge is 2.26. The molecule has 1 aromatic heterocycles. The van der Waals surface area contributed by atoms with Crippen molar-refractivity contribution in [1.82, 2.24) is 14.7 Å². The largest absolute Gasteiger partial charge is 0.457 e. The van der Waals surface area contributed by atoms with Gasteiger partial charge in [0.2, 0.25) is 5.91 Å². The molecule has 7 nitrogen and oxygen atoms in total. The second kappa shape index (κ2) is 9.09. The van der Waals surface area contributed by atoms with Gasteiger partial charge in [0.15, 0.2) is 0 Å². The molecule has 32 heavy (non-hydrogen) atoms. The number of likely N-dealkylation sites (tertiary alicyclic amines) is 1. The Bertz CT molecular complexity index is 1130. The number of ether oxygens (including phenoxy) is 1. The van der Waals surface area contributed by atoms with Crippen LogP contribution in [-0.4, -0.2) is 39.6 Å². The second-order valence-electron chi connectivity index (χ2n) is 7.96. The van der Waals surface area contributed by atoms with E-state index in [1.54, 1.807) is 15.8 Å². The Morgan fingerprint density at radius 1 is 1.12 bits per heavy atom. The molecule has 2 amide bonds. The van der Waals surface area contributed by atoms with E-state index in [-0.39, 0.29) is 11.9 Å². The molecule has 4 rings (SSSR count). The minimum Gasteiger partial charge on any atom is -0.457 e. The van der Waals surface area contributed by atoms with Crippen molar-refractivity contribution in [1.29, 1.82) is 0 Å². The first-order valence-corrected chi connectivity index (χ1v) is 10.6. The van der Waals surface area contributed by atoms with Crippen LogP contribution in [0.2, 0.25) is 0 Å². The molecule has 164 valence electrons. The van der Waals surface area contributed by atoms with Crippen LogP contribution in [0, 0.1) is 6.92 Å². The number of hydrogen-bond donors (Lipinski definition) is 1. The second-order valence-corrected chi connectivity index (χ2v) is 7.96. The number of aromatic nitrogens is 2. The number of carbonyl (C=O) groups is 2. The summed E-state index contributed by atoms with van der Waals surface area (Å²) in [6.45, 7) is 6.81. The van der Waals surface area contributed by atoms with Gasteiger partial charge in [0.1, 0.15) is 17.2 Å². The van der Waals surface area contributed by atoms with Crippen molar-refractivity contribution in [3.8, 4) is 22.8 Å². The molecule has 0 bridgehead atoms. The number of amides is 2. The summed E-state index contributed by atoms with van der Waals surface area (Å²) in [5, 5.41) is 4.68. The van der Waals surface area contributed by atoms with Crippen LogP contribution < -0.4 is 10.5 Å². The number of piperidine rings is 1. The lowest BCUT2D eigenvalue weighted by Crippen LogP contribution is -2.40. The van der Waals surface area contributed by atoms with Crippen LogP contribution >= 0.6 is 0 Å². The Morgan fingerprint density at radius 3 is 2.41 bits per heavy atom. The van der Waals surface area contributed by atoms with Gasteiger partial charge in [0, 0.05) is 24.8 Å². The molecule has 1 saturated heterocycles. The third-order valence-corrected chi connectivity index (χ3v) is 5.64. The summed E-state index contributed by atoms with van der Waals surface area (Å²) in [6, 6.07) is 15.2. The average Bonchev–Trinajstić information content (AvgIpc) is 3.27. The van der Waals surface area contributed by atoms with Crippen LogP contribution in [0.3, 0.4) is 0 Å². The van der Waals surface area contributed by atoms with E-state index in [1.165, 1.54) is 6.08 Å². The highest BCUT2D eigenvalue weighted by molar-refractivity contribution is 5.98. The van der Waals surface area contributed by atoms with Crippen LogP contribution in [0.1, 0.15) is 34.8 Å². The van der Waals surface area contributed by atoms with E-state index in [9.17, 15) is 9.59 Å². The summed E-state index contributed by atoms with van der Waals surface area (Å²) < 4.78 is 7.64. The normalized spacial score (nSPS) is 15.9. The number of primary amides is 1. The summed E-state index contributed by atoms with van der Waals surface area (Å²) in [5.41, 5.74) is 8.44. The van der Waals surface area contributed by atoms with Crippen LogP contribution in [-0.2, 0) is 4.79 Å². The predicted molar refractivity (Wildman–Crippen MR) is 122 cm³/mol. The number of aryl methyl sites for hydroxylation is 1. The van der Waals surface area contributed by atoms with E-state index in [0.717, 1.165) is 29.7 Å². The summed E-state index contributed by atoms with van der Waals surface area (Å²) in [5.74, 6) is 0.798. The predicted octanol–water partition coefficient (Wildman–Crippen LogP) is 4.10. The molecule has 2 aromatic carbocycles. The van der Waals surface area contributed by atoms with E-state index in [0.29, 0.717) is 30.1 Å². The maximum atomic E-state index is 12.1. The van der Waals surface area contributed by atoms with E-state index < -0.39 is 5.91 Å². The standard InChI is InChI=1S/C25H26N4O3/c1-3-23(30)28-14-4-5-19(15-28)29-16-22(25(26)31)24(27-29)18-8-12-21(13-9-18)32-20-10-6-17(2)7-11-20/h3,6-13,16,19H,1,4-5,14-15H2,2H3,(H2,26,31)/t19-/m1/s1. The van der Waals surface area contributed by atoms with E-state index in [2.05, 4.69) is 11.7 Å². The van der Waals surface area contributed by atoms with Crippen molar-refractivity contribution in [2.24, 2.45) is 5.73 Å². The maximum absolute atomic E-state index is 12.1. The Labute approximate surface area is 187 Å². The lowest BCUT2D eigenvalue weighted by molar-refractivity contribution is -0.127. The highest BCUT2D eigenvalue weighted by Crippen LogP contribution is 2.29. The van der Waals surface area contributed by atoms with Crippen molar-refractivity contribution >= 4 is 11.8 Å². The van der Waals surface area contributed by atoms with Gasteiger partial charge in [-0.2, -0.15) is 5.10 Å². The van der Waals surface area contributed by atoms with Gasteiger partial charge in [-0.3, -0.25) is 14.3 Å². The monoisotopic (exact) mass is 430 g/mol.